The SMILES string of the molecule is c1ccc2c3c(ccc2c1)Cc1c-3ccc2sc3ccc4ccccc4c3c12. The molecule has 0 nitrogen and oxygen atoms in total. The van der Waals surface area contributed by atoms with Gasteiger partial charge in [-0.05, 0) is 62.4 Å². The molecular formula is C27H16S. The van der Waals surface area contributed by atoms with Crippen molar-refractivity contribution in [3.05, 3.63) is 96.1 Å². The number of hydrogen-bond acceptors (Lipinski definition) is 1. The van der Waals surface area contributed by atoms with Crippen molar-refractivity contribution in [1.29, 1.82) is 0 Å². The fourth-order valence-corrected chi connectivity index (χ4v) is 6.24. The zero-order valence-corrected chi connectivity index (χ0v) is 16.0. The normalized spacial score (nSPS) is 12.9. The summed E-state index contributed by atoms with van der Waals surface area (Å²) >= 11 is 1.92. The smallest absolute Gasteiger partial charge is 0.0361 e. The van der Waals surface area contributed by atoms with Gasteiger partial charge in [0.15, 0.2) is 0 Å². The summed E-state index contributed by atoms with van der Waals surface area (Å²) in [7, 11) is 0. The number of fused-ring (bicyclic) bond motifs is 11. The minimum atomic E-state index is 1.03. The fourth-order valence-electron chi connectivity index (χ4n) is 5.09. The van der Waals surface area contributed by atoms with E-state index in [9.17, 15) is 0 Å². The van der Waals surface area contributed by atoms with Crippen LogP contribution in [-0.4, -0.2) is 0 Å². The molecule has 28 heavy (non-hydrogen) atoms. The van der Waals surface area contributed by atoms with Crippen LogP contribution < -0.4 is 0 Å². The summed E-state index contributed by atoms with van der Waals surface area (Å²) in [4.78, 5) is 0. The molecule has 1 aliphatic rings. The summed E-state index contributed by atoms with van der Waals surface area (Å²) in [6.45, 7) is 0. The van der Waals surface area contributed by atoms with Crippen molar-refractivity contribution in [2.24, 2.45) is 0 Å². The highest BCUT2D eigenvalue weighted by Gasteiger charge is 2.24. The van der Waals surface area contributed by atoms with E-state index in [1.807, 2.05) is 11.3 Å². The van der Waals surface area contributed by atoms with Gasteiger partial charge in [0.2, 0.25) is 0 Å². The maximum Gasteiger partial charge on any atom is 0.0361 e. The van der Waals surface area contributed by atoms with Crippen molar-refractivity contribution < 1.29 is 0 Å². The van der Waals surface area contributed by atoms with Crippen LogP contribution in [0.3, 0.4) is 0 Å². The zero-order valence-electron chi connectivity index (χ0n) is 15.2. The molecule has 0 amide bonds. The molecule has 0 spiro atoms. The molecule has 0 N–H and O–H groups in total. The van der Waals surface area contributed by atoms with Crippen molar-refractivity contribution in [1.82, 2.24) is 0 Å². The van der Waals surface area contributed by atoms with Gasteiger partial charge in [0.1, 0.15) is 0 Å². The Morgan fingerprint density at radius 3 is 2.14 bits per heavy atom. The van der Waals surface area contributed by atoms with Gasteiger partial charge in [-0.15, -0.1) is 11.3 Å². The summed E-state index contributed by atoms with van der Waals surface area (Å²) < 4.78 is 2.80. The monoisotopic (exact) mass is 372 g/mol. The third kappa shape index (κ3) is 1.80. The van der Waals surface area contributed by atoms with E-state index in [4.69, 9.17) is 0 Å². The highest BCUT2D eigenvalue weighted by molar-refractivity contribution is 7.26. The average molecular weight is 372 g/mol. The van der Waals surface area contributed by atoms with Gasteiger partial charge >= 0.3 is 0 Å². The first-order chi connectivity index (χ1) is 13.9. The summed E-state index contributed by atoms with van der Waals surface area (Å²) in [5.41, 5.74) is 5.83. The summed E-state index contributed by atoms with van der Waals surface area (Å²) in [5, 5.41) is 8.31. The predicted molar refractivity (Wildman–Crippen MR) is 123 cm³/mol. The topological polar surface area (TPSA) is 0 Å². The Balaban J connectivity index is 1.68. The van der Waals surface area contributed by atoms with Crippen molar-refractivity contribution in [2.45, 2.75) is 6.42 Å². The Morgan fingerprint density at radius 2 is 1.25 bits per heavy atom. The Bertz CT molecular complexity index is 1580. The number of thiophene rings is 1. The molecule has 0 fully saturated rings. The lowest BCUT2D eigenvalue weighted by Crippen LogP contribution is -1.83. The quantitative estimate of drug-likeness (QED) is 0.253. The van der Waals surface area contributed by atoms with Crippen LogP contribution in [0, 0.1) is 0 Å². The van der Waals surface area contributed by atoms with E-state index in [-0.39, 0.29) is 0 Å². The molecule has 0 radical (unpaired) electrons. The molecule has 1 aromatic heterocycles. The van der Waals surface area contributed by atoms with Crippen LogP contribution in [0.2, 0.25) is 0 Å². The molecule has 130 valence electrons. The molecule has 0 saturated heterocycles. The van der Waals surface area contributed by atoms with Crippen LogP contribution in [0.15, 0.2) is 84.9 Å². The molecule has 7 rings (SSSR count). The minimum Gasteiger partial charge on any atom is -0.135 e. The first kappa shape index (κ1) is 14.8. The molecule has 0 bridgehead atoms. The molecular weight excluding hydrogens is 356 g/mol. The fraction of sp³-hybridized carbons (Fsp3) is 0.0370. The number of benzene rings is 5. The molecule has 5 aromatic carbocycles. The summed E-state index contributed by atoms with van der Waals surface area (Å²) in [6.07, 6.45) is 1.03. The Kier molecular flexibility index (Phi) is 2.76. The van der Waals surface area contributed by atoms with E-state index in [1.165, 1.54) is 64.0 Å². The Labute approximate surface area is 166 Å². The van der Waals surface area contributed by atoms with Crippen LogP contribution in [0.4, 0.5) is 0 Å². The van der Waals surface area contributed by atoms with Crippen LogP contribution >= 0.6 is 11.3 Å². The molecule has 1 aliphatic carbocycles. The van der Waals surface area contributed by atoms with E-state index in [1.54, 1.807) is 0 Å². The van der Waals surface area contributed by atoms with Gasteiger partial charge in [-0.25, -0.2) is 0 Å². The molecule has 0 unspecified atom stereocenters. The molecule has 0 atom stereocenters. The van der Waals surface area contributed by atoms with Crippen molar-refractivity contribution in [3.8, 4) is 11.1 Å². The second-order valence-corrected chi connectivity index (χ2v) is 8.81. The van der Waals surface area contributed by atoms with Crippen molar-refractivity contribution in [2.75, 3.05) is 0 Å². The Hall–Kier alpha value is -3.16. The second-order valence-electron chi connectivity index (χ2n) is 7.72. The largest absolute Gasteiger partial charge is 0.135 e. The standard InChI is InChI=1S/C27H16S/c1-3-7-19-16(5-1)9-10-18-15-22-21(25(18)19)12-14-24-27(22)26-20-8-4-2-6-17(20)11-13-23(26)28-24/h1-14H,15H2. The van der Waals surface area contributed by atoms with Gasteiger partial charge in [-0.2, -0.15) is 0 Å². The summed E-state index contributed by atoms with van der Waals surface area (Å²) in [5.74, 6) is 0. The van der Waals surface area contributed by atoms with Crippen LogP contribution in [0.25, 0.3) is 52.8 Å². The van der Waals surface area contributed by atoms with Gasteiger partial charge < -0.3 is 0 Å². The lowest BCUT2D eigenvalue weighted by atomic mass is 9.96. The van der Waals surface area contributed by atoms with Gasteiger partial charge in [0, 0.05) is 20.2 Å². The lowest BCUT2D eigenvalue weighted by molar-refractivity contribution is 1.29. The molecule has 1 heterocycles. The third-order valence-electron chi connectivity index (χ3n) is 6.29. The zero-order chi connectivity index (χ0) is 18.2. The molecule has 1 heteroatoms. The first-order valence-electron chi connectivity index (χ1n) is 9.75. The van der Waals surface area contributed by atoms with Crippen LogP contribution in [-0.2, 0) is 6.42 Å². The van der Waals surface area contributed by atoms with E-state index >= 15 is 0 Å². The highest BCUT2D eigenvalue weighted by atomic mass is 32.1. The predicted octanol–water partition coefficient (Wildman–Crippen LogP) is 7.93. The van der Waals surface area contributed by atoms with Crippen LogP contribution in [0.1, 0.15) is 11.1 Å². The van der Waals surface area contributed by atoms with E-state index < -0.39 is 0 Å². The third-order valence-corrected chi connectivity index (χ3v) is 7.41. The Morgan fingerprint density at radius 1 is 0.571 bits per heavy atom. The van der Waals surface area contributed by atoms with E-state index in [0.29, 0.717) is 0 Å². The van der Waals surface area contributed by atoms with Crippen molar-refractivity contribution in [3.63, 3.8) is 0 Å². The van der Waals surface area contributed by atoms with Gasteiger partial charge in [-0.1, -0.05) is 72.8 Å². The average Bonchev–Trinajstić information content (AvgIpc) is 3.32. The van der Waals surface area contributed by atoms with Gasteiger partial charge in [0.05, 0.1) is 0 Å². The lowest BCUT2D eigenvalue weighted by Gasteiger charge is -2.07. The molecule has 0 saturated carbocycles. The molecule has 6 aromatic rings. The second kappa shape index (κ2) is 5.21. The highest BCUT2D eigenvalue weighted by Crippen LogP contribution is 2.48. The van der Waals surface area contributed by atoms with Crippen molar-refractivity contribution >= 4 is 53.1 Å². The van der Waals surface area contributed by atoms with Crippen LogP contribution in [0.5, 0.6) is 0 Å². The summed E-state index contributed by atoms with van der Waals surface area (Å²) in [6, 6.07) is 31.4. The number of rotatable bonds is 0. The van der Waals surface area contributed by atoms with Gasteiger partial charge in [-0.3, -0.25) is 0 Å². The maximum atomic E-state index is 2.35. The van der Waals surface area contributed by atoms with E-state index in [0.717, 1.165) is 6.42 Å². The first-order valence-corrected chi connectivity index (χ1v) is 10.6. The maximum absolute atomic E-state index is 2.35. The van der Waals surface area contributed by atoms with E-state index in [2.05, 4.69) is 84.9 Å². The van der Waals surface area contributed by atoms with Gasteiger partial charge in [0.25, 0.3) is 0 Å². The number of hydrogen-bond donors (Lipinski definition) is 0. The minimum absolute atomic E-state index is 1.03. The molecule has 0 aliphatic heterocycles.